The van der Waals surface area contributed by atoms with Crippen molar-refractivity contribution in [3.8, 4) is 17.0 Å². The molecule has 7 nitrogen and oxygen atoms in total. The average Bonchev–Trinajstić information content (AvgIpc) is 3.23. The second-order valence-corrected chi connectivity index (χ2v) is 9.75. The minimum absolute atomic E-state index is 0.213. The number of aromatic nitrogens is 2. The normalized spacial score (nSPS) is 10.6. The fourth-order valence-corrected chi connectivity index (χ4v) is 4.65. The van der Waals surface area contributed by atoms with E-state index < -0.39 is 0 Å². The van der Waals surface area contributed by atoms with E-state index >= 15 is 0 Å². The minimum atomic E-state index is -0.213. The molecule has 1 amide bonds. The Morgan fingerprint density at radius 2 is 1.89 bits per heavy atom. The molecular weight excluding hydrogens is 586 g/mol. The Labute approximate surface area is 226 Å². The highest BCUT2D eigenvalue weighted by molar-refractivity contribution is 9.11. The number of amides is 1. The molecule has 36 heavy (non-hydrogen) atoms. The van der Waals surface area contributed by atoms with Crippen LogP contribution in [-0.4, -0.2) is 22.8 Å². The molecule has 0 saturated heterocycles. The minimum Gasteiger partial charge on any atom is -0.496 e. The summed E-state index contributed by atoms with van der Waals surface area (Å²) in [6, 6.07) is 20.7. The zero-order valence-corrected chi connectivity index (χ0v) is 22.6. The molecule has 0 spiro atoms. The molecule has 0 unspecified atom stereocenters. The van der Waals surface area contributed by atoms with Crippen LogP contribution < -0.4 is 15.8 Å². The SMILES string of the molecule is [C-]#[N+]c1c(-c2ccc(CNC(=O)c3ccccc3OC)cc2)nn(CCc2cc(Br)ccc2Br)c1N. The predicted molar refractivity (Wildman–Crippen MR) is 148 cm³/mol. The van der Waals surface area contributed by atoms with E-state index in [0.717, 1.165) is 25.6 Å². The largest absolute Gasteiger partial charge is 0.496 e. The van der Waals surface area contributed by atoms with Gasteiger partial charge in [-0.25, -0.2) is 4.85 Å². The number of aryl methyl sites for hydroxylation is 2. The summed E-state index contributed by atoms with van der Waals surface area (Å²) in [4.78, 5) is 16.2. The first-order chi connectivity index (χ1) is 17.4. The molecule has 1 aromatic heterocycles. The van der Waals surface area contributed by atoms with Gasteiger partial charge >= 0.3 is 0 Å². The molecule has 182 valence electrons. The monoisotopic (exact) mass is 607 g/mol. The van der Waals surface area contributed by atoms with Gasteiger partial charge in [-0.2, -0.15) is 5.10 Å². The van der Waals surface area contributed by atoms with Crippen molar-refractivity contribution in [3.05, 3.63) is 104 Å². The van der Waals surface area contributed by atoms with E-state index in [1.807, 2.05) is 48.5 Å². The highest BCUT2D eigenvalue weighted by Crippen LogP contribution is 2.35. The Kier molecular flexibility index (Phi) is 8.08. The first-order valence-corrected chi connectivity index (χ1v) is 12.7. The molecule has 0 aliphatic heterocycles. The standard InChI is InChI=1S/C27H23Br2N5O2/c1-31-25-24(33-34(26(25)30)14-13-19-15-20(28)11-12-22(19)29)18-9-7-17(8-10-18)16-32-27(35)21-5-3-4-6-23(21)36-2/h3-12,15H,13-14,16,30H2,2H3,(H,32,35). The number of halogens is 2. The molecule has 0 radical (unpaired) electrons. The van der Waals surface area contributed by atoms with E-state index in [9.17, 15) is 4.79 Å². The summed E-state index contributed by atoms with van der Waals surface area (Å²) in [5, 5.41) is 7.56. The Morgan fingerprint density at radius 1 is 1.14 bits per heavy atom. The van der Waals surface area contributed by atoms with Crippen LogP contribution in [0.3, 0.4) is 0 Å². The smallest absolute Gasteiger partial charge is 0.255 e. The fraction of sp³-hybridized carbons (Fsp3) is 0.148. The summed E-state index contributed by atoms with van der Waals surface area (Å²) >= 11 is 7.08. The number of nitrogen functional groups attached to an aromatic ring is 1. The van der Waals surface area contributed by atoms with Crippen LogP contribution in [0.4, 0.5) is 11.5 Å². The number of carbonyl (C=O) groups excluding carboxylic acids is 1. The van der Waals surface area contributed by atoms with Gasteiger partial charge < -0.3 is 15.8 Å². The van der Waals surface area contributed by atoms with Crippen molar-refractivity contribution in [1.29, 1.82) is 0 Å². The lowest BCUT2D eigenvalue weighted by Gasteiger charge is -2.09. The Bertz CT molecular complexity index is 1440. The summed E-state index contributed by atoms with van der Waals surface area (Å²) in [6.07, 6.45) is 0.702. The Balaban J connectivity index is 1.47. The second kappa shape index (κ2) is 11.4. The number of anilines is 1. The fourth-order valence-electron chi connectivity index (χ4n) is 3.79. The van der Waals surface area contributed by atoms with Gasteiger partial charge in [-0.15, -0.1) is 0 Å². The zero-order valence-electron chi connectivity index (χ0n) is 19.5. The zero-order chi connectivity index (χ0) is 25.7. The maximum absolute atomic E-state index is 12.6. The van der Waals surface area contributed by atoms with Crippen LogP contribution in [0.15, 0.2) is 75.7 Å². The van der Waals surface area contributed by atoms with Gasteiger partial charge in [0.2, 0.25) is 0 Å². The highest BCUT2D eigenvalue weighted by atomic mass is 79.9. The topological polar surface area (TPSA) is 86.5 Å². The lowest BCUT2D eigenvalue weighted by Crippen LogP contribution is -2.23. The quantitative estimate of drug-likeness (QED) is 0.227. The summed E-state index contributed by atoms with van der Waals surface area (Å²) < 4.78 is 8.95. The second-order valence-electron chi connectivity index (χ2n) is 7.98. The molecule has 0 fully saturated rings. The number of nitrogens with one attached hydrogen (secondary N) is 1. The third-order valence-corrected chi connectivity index (χ3v) is 6.98. The van der Waals surface area contributed by atoms with E-state index in [4.69, 9.17) is 17.0 Å². The van der Waals surface area contributed by atoms with Gasteiger partial charge in [-0.05, 0) is 53.4 Å². The number of carbonyl (C=O) groups is 1. The first-order valence-electron chi connectivity index (χ1n) is 11.1. The van der Waals surface area contributed by atoms with E-state index in [-0.39, 0.29) is 5.91 Å². The van der Waals surface area contributed by atoms with Gasteiger partial charge in [0.05, 0.1) is 19.2 Å². The molecule has 3 aromatic carbocycles. The van der Waals surface area contributed by atoms with Crippen molar-refractivity contribution >= 4 is 49.3 Å². The number of hydrogen-bond acceptors (Lipinski definition) is 4. The van der Waals surface area contributed by atoms with E-state index in [0.29, 0.717) is 48.0 Å². The van der Waals surface area contributed by atoms with Crippen molar-refractivity contribution in [1.82, 2.24) is 15.1 Å². The lowest BCUT2D eigenvalue weighted by molar-refractivity contribution is 0.0948. The highest BCUT2D eigenvalue weighted by Gasteiger charge is 2.18. The molecule has 0 aliphatic carbocycles. The first kappa shape index (κ1) is 25.5. The molecule has 1 heterocycles. The van der Waals surface area contributed by atoms with Crippen LogP contribution in [0.5, 0.6) is 5.75 Å². The van der Waals surface area contributed by atoms with Crippen molar-refractivity contribution in [2.45, 2.75) is 19.5 Å². The summed E-state index contributed by atoms with van der Waals surface area (Å²) in [5.74, 6) is 0.659. The van der Waals surface area contributed by atoms with Crippen LogP contribution in [0.25, 0.3) is 16.1 Å². The van der Waals surface area contributed by atoms with Gasteiger partial charge in [-0.3, -0.25) is 9.48 Å². The molecule has 0 atom stereocenters. The van der Waals surface area contributed by atoms with Crippen LogP contribution in [0.1, 0.15) is 21.5 Å². The summed E-state index contributed by atoms with van der Waals surface area (Å²) in [6.45, 7) is 8.53. The number of rotatable bonds is 8. The van der Waals surface area contributed by atoms with Crippen molar-refractivity contribution in [2.75, 3.05) is 12.8 Å². The maximum Gasteiger partial charge on any atom is 0.255 e. The Morgan fingerprint density at radius 3 is 2.61 bits per heavy atom. The molecule has 0 bridgehead atoms. The number of benzene rings is 3. The van der Waals surface area contributed by atoms with Crippen molar-refractivity contribution in [2.24, 2.45) is 0 Å². The lowest BCUT2D eigenvalue weighted by atomic mass is 10.1. The number of para-hydroxylation sites is 1. The van der Waals surface area contributed by atoms with Gasteiger partial charge in [0.15, 0.2) is 0 Å². The van der Waals surface area contributed by atoms with Crippen LogP contribution in [0.2, 0.25) is 0 Å². The maximum atomic E-state index is 12.6. The molecule has 4 rings (SSSR count). The van der Waals surface area contributed by atoms with Gasteiger partial charge in [-0.1, -0.05) is 68.3 Å². The summed E-state index contributed by atoms with van der Waals surface area (Å²) in [7, 11) is 1.54. The number of ether oxygens (including phenoxy) is 1. The molecular formula is C27H23Br2N5O2. The average molecular weight is 609 g/mol. The van der Waals surface area contributed by atoms with Crippen LogP contribution in [-0.2, 0) is 19.5 Å². The molecule has 0 saturated carbocycles. The van der Waals surface area contributed by atoms with E-state index in [1.165, 1.54) is 7.11 Å². The predicted octanol–water partition coefficient (Wildman–Crippen LogP) is 6.39. The van der Waals surface area contributed by atoms with Gasteiger partial charge in [0.25, 0.3) is 11.6 Å². The number of nitrogens with zero attached hydrogens (tertiary/aromatic N) is 3. The number of hydrogen-bond donors (Lipinski definition) is 2. The van der Waals surface area contributed by atoms with E-state index in [1.54, 1.807) is 22.9 Å². The molecule has 9 heteroatoms. The van der Waals surface area contributed by atoms with Gasteiger partial charge in [0, 0.05) is 22.0 Å². The van der Waals surface area contributed by atoms with Gasteiger partial charge in [0.1, 0.15) is 17.3 Å². The molecule has 3 N–H and O–H groups in total. The molecule has 0 aliphatic rings. The third-order valence-electron chi connectivity index (χ3n) is 5.71. The van der Waals surface area contributed by atoms with Crippen LogP contribution >= 0.6 is 31.9 Å². The number of methoxy groups -OCH3 is 1. The van der Waals surface area contributed by atoms with E-state index in [2.05, 4.69) is 47.1 Å². The Hall–Kier alpha value is -3.61. The third kappa shape index (κ3) is 5.61. The summed E-state index contributed by atoms with van der Waals surface area (Å²) in [5.41, 5.74) is 10.5. The number of nitrogens with two attached hydrogens (primary N) is 1. The van der Waals surface area contributed by atoms with Crippen LogP contribution in [0, 0.1) is 6.57 Å². The molecule has 4 aromatic rings. The van der Waals surface area contributed by atoms with Crippen molar-refractivity contribution in [3.63, 3.8) is 0 Å². The van der Waals surface area contributed by atoms with Crippen molar-refractivity contribution < 1.29 is 9.53 Å².